The molecular weight excluding hydrogens is 547 g/mol. The van der Waals surface area contributed by atoms with E-state index in [0.717, 1.165) is 11.1 Å². The normalized spacial score (nSPS) is 21.6. The Balaban J connectivity index is 1.69. The third-order valence-electron chi connectivity index (χ3n) is 5.93. The molecule has 0 saturated carbocycles. The highest BCUT2D eigenvalue weighted by Gasteiger charge is 2.41. The average Bonchev–Trinajstić information content (AvgIpc) is 3.13. The van der Waals surface area contributed by atoms with E-state index >= 15 is 0 Å². The predicted molar refractivity (Wildman–Crippen MR) is 149 cm³/mol. The zero-order valence-corrected chi connectivity index (χ0v) is 23.8. The van der Waals surface area contributed by atoms with Crippen molar-refractivity contribution in [3.05, 3.63) is 71.8 Å². The van der Waals surface area contributed by atoms with Crippen molar-refractivity contribution >= 4 is 23.2 Å². The molecule has 8 nitrogen and oxygen atoms in total. The maximum absolute atomic E-state index is 6.47. The van der Waals surface area contributed by atoms with Gasteiger partial charge in [0.15, 0.2) is 0 Å². The van der Waals surface area contributed by atoms with Gasteiger partial charge < -0.3 is 37.9 Å². The van der Waals surface area contributed by atoms with Crippen LogP contribution in [0.15, 0.2) is 60.7 Å². The van der Waals surface area contributed by atoms with Crippen molar-refractivity contribution in [2.24, 2.45) is 0 Å². The van der Waals surface area contributed by atoms with E-state index in [-0.39, 0.29) is 13.4 Å². The lowest BCUT2D eigenvalue weighted by molar-refractivity contribution is -0.159. The van der Waals surface area contributed by atoms with Gasteiger partial charge in [0.1, 0.15) is 31.2 Å². The minimum atomic E-state index is -0.493. The summed E-state index contributed by atoms with van der Waals surface area (Å²) >= 11 is 11.4. The summed E-state index contributed by atoms with van der Waals surface area (Å²) in [4.78, 5) is 0. The molecule has 0 aromatic heterocycles. The first-order valence-electron chi connectivity index (χ1n) is 13.3. The van der Waals surface area contributed by atoms with Crippen LogP contribution < -0.4 is 0 Å². The van der Waals surface area contributed by atoms with Crippen LogP contribution in [0.1, 0.15) is 11.1 Å². The summed E-state index contributed by atoms with van der Waals surface area (Å²) in [5, 5.41) is 0. The molecule has 1 aliphatic rings. The summed E-state index contributed by atoms with van der Waals surface area (Å²) in [5.41, 5.74) is 2.12. The van der Waals surface area contributed by atoms with Gasteiger partial charge in [0.05, 0.1) is 66.1 Å². The zero-order chi connectivity index (χ0) is 27.4. The standard InChI is InChI=1S/C29H40Cl2O8/c30-11-13-32-15-16-34-21-26-29(37-20-25-9-5-2-6-10-25)28(36-18-17-33-14-12-31)27(39-23-38-26)22-35-19-24-7-3-1-4-8-24/h1-10,26-29H,11-23H2/t26-,27-,28-,29-/m1/s1. The van der Waals surface area contributed by atoms with E-state index in [1.54, 1.807) is 0 Å². The van der Waals surface area contributed by atoms with Crippen LogP contribution in [0.4, 0.5) is 0 Å². The lowest BCUT2D eigenvalue weighted by Crippen LogP contribution is -2.50. The number of hydrogen-bond donors (Lipinski definition) is 0. The third kappa shape index (κ3) is 12.8. The molecule has 1 fully saturated rings. The molecule has 2 aromatic carbocycles. The first-order chi connectivity index (χ1) is 19.3. The molecule has 218 valence electrons. The third-order valence-corrected chi connectivity index (χ3v) is 6.24. The van der Waals surface area contributed by atoms with Crippen molar-refractivity contribution < 1.29 is 37.9 Å². The summed E-state index contributed by atoms with van der Waals surface area (Å²) in [7, 11) is 0. The van der Waals surface area contributed by atoms with Gasteiger partial charge in [-0.05, 0) is 11.1 Å². The highest BCUT2D eigenvalue weighted by atomic mass is 35.5. The van der Waals surface area contributed by atoms with Gasteiger partial charge >= 0.3 is 0 Å². The molecule has 0 amide bonds. The molecule has 0 radical (unpaired) electrons. The molecule has 1 heterocycles. The molecule has 1 saturated heterocycles. The molecule has 0 spiro atoms. The first-order valence-corrected chi connectivity index (χ1v) is 14.4. The van der Waals surface area contributed by atoms with Crippen LogP contribution >= 0.6 is 23.2 Å². The van der Waals surface area contributed by atoms with Crippen LogP contribution in [0.5, 0.6) is 0 Å². The first kappa shape index (κ1) is 32.2. The van der Waals surface area contributed by atoms with E-state index in [0.29, 0.717) is 71.2 Å². The second-order valence-electron chi connectivity index (χ2n) is 8.80. The molecule has 0 N–H and O–H groups in total. The van der Waals surface area contributed by atoms with Gasteiger partial charge in [0.2, 0.25) is 0 Å². The van der Waals surface area contributed by atoms with Gasteiger partial charge in [0.25, 0.3) is 0 Å². The van der Waals surface area contributed by atoms with Crippen LogP contribution in [0, 0.1) is 0 Å². The summed E-state index contributed by atoms with van der Waals surface area (Å²) < 4.78 is 47.9. The summed E-state index contributed by atoms with van der Waals surface area (Å²) in [5.74, 6) is 0.868. The van der Waals surface area contributed by atoms with Crippen molar-refractivity contribution in [3.63, 3.8) is 0 Å². The zero-order valence-electron chi connectivity index (χ0n) is 22.3. The molecule has 3 rings (SSSR count). The number of ether oxygens (including phenoxy) is 8. The Labute approximate surface area is 241 Å². The number of alkyl halides is 2. The van der Waals surface area contributed by atoms with E-state index in [1.165, 1.54) is 0 Å². The van der Waals surface area contributed by atoms with E-state index in [4.69, 9.17) is 61.1 Å². The monoisotopic (exact) mass is 586 g/mol. The minimum Gasteiger partial charge on any atom is -0.378 e. The lowest BCUT2D eigenvalue weighted by atomic mass is 10.0. The van der Waals surface area contributed by atoms with Crippen LogP contribution in [0.25, 0.3) is 0 Å². The maximum Gasteiger partial charge on any atom is 0.147 e. The molecular formula is C29H40Cl2O8. The number of hydrogen-bond acceptors (Lipinski definition) is 8. The van der Waals surface area contributed by atoms with Gasteiger partial charge in [-0.25, -0.2) is 0 Å². The van der Waals surface area contributed by atoms with E-state index in [2.05, 4.69) is 0 Å². The van der Waals surface area contributed by atoms with Crippen LogP contribution in [0.2, 0.25) is 0 Å². The molecule has 1 aliphatic heterocycles. The lowest BCUT2D eigenvalue weighted by Gasteiger charge is -2.33. The van der Waals surface area contributed by atoms with E-state index in [9.17, 15) is 0 Å². The van der Waals surface area contributed by atoms with Gasteiger partial charge in [0, 0.05) is 11.8 Å². The van der Waals surface area contributed by atoms with Gasteiger partial charge in [-0.2, -0.15) is 0 Å². The molecule has 0 unspecified atom stereocenters. The highest BCUT2D eigenvalue weighted by Crippen LogP contribution is 2.24. The van der Waals surface area contributed by atoms with Gasteiger partial charge in [-0.3, -0.25) is 0 Å². The van der Waals surface area contributed by atoms with Crippen molar-refractivity contribution in [1.82, 2.24) is 0 Å². The maximum atomic E-state index is 6.47. The van der Waals surface area contributed by atoms with Crippen LogP contribution in [0.3, 0.4) is 0 Å². The van der Waals surface area contributed by atoms with Gasteiger partial charge in [-0.1, -0.05) is 60.7 Å². The number of rotatable bonds is 20. The molecule has 0 aliphatic carbocycles. The second kappa shape index (κ2) is 20.6. The molecule has 39 heavy (non-hydrogen) atoms. The topological polar surface area (TPSA) is 73.8 Å². The fourth-order valence-electron chi connectivity index (χ4n) is 4.02. The van der Waals surface area contributed by atoms with Crippen molar-refractivity contribution in [2.45, 2.75) is 37.6 Å². The Morgan fingerprint density at radius 1 is 0.564 bits per heavy atom. The minimum absolute atomic E-state index is 0.0595. The fraction of sp³-hybridized carbons (Fsp3) is 0.586. The molecule has 2 aromatic rings. The summed E-state index contributed by atoms with van der Waals surface area (Å²) in [6.45, 7) is 4.00. The van der Waals surface area contributed by atoms with Crippen LogP contribution in [-0.2, 0) is 51.1 Å². The van der Waals surface area contributed by atoms with Gasteiger partial charge in [-0.15, -0.1) is 23.2 Å². The van der Waals surface area contributed by atoms with Crippen molar-refractivity contribution in [2.75, 3.05) is 71.4 Å². The second-order valence-corrected chi connectivity index (χ2v) is 9.56. The molecule has 10 heteroatoms. The SMILES string of the molecule is ClCCOCCOC[C@H]1OCO[C@H](COCc2ccccc2)[C@@H](OCCOCCCl)[C@@H]1OCc1ccccc1. The van der Waals surface area contributed by atoms with E-state index in [1.807, 2.05) is 60.7 Å². The Bertz CT molecular complexity index is 848. The Morgan fingerprint density at radius 3 is 1.69 bits per heavy atom. The molecule has 0 bridgehead atoms. The summed E-state index contributed by atoms with van der Waals surface area (Å²) in [6, 6.07) is 20.0. The fourth-order valence-corrected chi connectivity index (χ4v) is 4.24. The Hall–Kier alpha value is -1.30. The Morgan fingerprint density at radius 2 is 1.08 bits per heavy atom. The van der Waals surface area contributed by atoms with Crippen molar-refractivity contribution in [1.29, 1.82) is 0 Å². The van der Waals surface area contributed by atoms with E-state index < -0.39 is 24.4 Å². The molecule has 4 atom stereocenters. The highest BCUT2D eigenvalue weighted by molar-refractivity contribution is 6.18. The van der Waals surface area contributed by atoms with Crippen molar-refractivity contribution in [3.8, 4) is 0 Å². The largest absolute Gasteiger partial charge is 0.378 e. The smallest absolute Gasteiger partial charge is 0.147 e. The predicted octanol–water partition coefficient (Wildman–Crippen LogP) is 4.44. The quantitative estimate of drug-likeness (QED) is 0.166. The van der Waals surface area contributed by atoms with Crippen LogP contribution in [-0.4, -0.2) is 95.8 Å². The average molecular weight is 588 g/mol. The number of benzene rings is 2. The summed E-state index contributed by atoms with van der Waals surface area (Å²) in [6.07, 6.45) is -1.85. The number of halogens is 2. The Kier molecular flexibility index (Phi) is 17.0.